The lowest BCUT2D eigenvalue weighted by Gasteiger charge is -2.28. The molecular weight excluding hydrogens is 236 g/mol. The summed E-state index contributed by atoms with van der Waals surface area (Å²) in [5, 5.41) is 20.6. The highest BCUT2D eigenvalue weighted by atomic mass is 16.4. The molecule has 0 saturated carbocycles. The van der Waals surface area contributed by atoms with Crippen molar-refractivity contribution in [2.75, 3.05) is 5.43 Å². The molecule has 4 N–H and O–H groups in total. The van der Waals surface area contributed by atoms with E-state index >= 15 is 0 Å². The van der Waals surface area contributed by atoms with Gasteiger partial charge in [-0.05, 0) is 25.5 Å². The van der Waals surface area contributed by atoms with Gasteiger partial charge in [0.15, 0.2) is 5.71 Å². The van der Waals surface area contributed by atoms with Gasteiger partial charge >= 0.3 is 5.97 Å². The summed E-state index contributed by atoms with van der Waals surface area (Å²) in [5.41, 5.74) is 4.22. The maximum Gasteiger partial charge on any atom is 0.355 e. The number of pyridine rings is 1. The third-order valence-corrected chi connectivity index (χ3v) is 2.66. The predicted octanol–water partition coefficient (Wildman–Crippen LogP) is 1.08. The molecule has 0 saturated heterocycles. The van der Waals surface area contributed by atoms with E-state index in [2.05, 4.69) is 21.0 Å². The monoisotopic (exact) mass is 252 g/mol. The van der Waals surface area contributed by atoms with Crippen LogP contribution in [-0.2, 0) is 4.79 Å². The molecule has 1 rings (SSSR count). The smallest absolute Gasteiger partial charge is 0.355 e. The first kappa shape index (κ1) is 13.9. The summed E-state index contributed by atoms with van der Waals surface area (Å²) in [6, 6.07) is 5.28. The Morgan fingerprint density at radius 2 is 2.28 bits per heavy atom. The molecule has 18 heavy (non-hydrogen) atoms. The van der Waals surface area contributed by atoms with Crippen LogP contribution in [-0.4, -0.2) is 32.5 Å². The molecule has 7 nitrogen and oxygen atoms in total. The lowest BCUT2D eigenvalue weighted by atomic mass is 9.93. The van der Waals surface area contributed by atoms with E-state index in [1.54, 1.807) is 38.2 Å². The van der Waals surface area contributed by atoms with Gasteiger partial charge in [-0.15, -0.1) is 0 Å². The Balaban J connectivity index is 2.80. The first-order valence-electron chi connectivity index (χ1n) is 5.43. The average Bonchev–Trinajstić information content (AvgIpc) is 2.38. The number of hydrogen-bond donors (Lipinski definition) is 4. The van der Waals surface area contributed by atoms with Crippen LogP contribution in [0.15, 0.2) is 29.6 Å². The van der Waals surface area contributed by atoms with Crippen molar-refractivity contribution in [1.29, 1.82) is 0 Å². The zero-order valence-electron chi connectivity index (χ0n) is 10.2. The Hall–Kier alpha value is -2.15. The molecule has 0 aromatic carbocycles. The van der Waals surface area contributed by atoms with Crippen LogP contribution < -0.4 is 10.9 Å². The van der Waals surface area contributed by atoms with E-state index in [4.69, 9.17) is 10.3 Å². The predicted molar refractivity (Wildman–Crippen MR) is 66.5 cm³/mol. The molecule has 0 bridgehead atoms. The molecule has 1 heterocycles. The molecule has 0 amide bonds. The number of carbonyl (C=O) groups is 1. The van der Waals surface area contributed by atoms with E-state index in [1.165, 1.54) is 0 Å². The minimum atomic E-state index is -1.28. The molecule has 1 aromatic heterocycles. The Kier molecular flexibility index (Phi) is 4.61. The third kappa shape index (κ3) is 3.17. The van der Waals surface area contributed by atoms with Gasteiger partial charge in [-0.3, -0.25) is 0 Å². The van der Waals surface area contributed by atoms with Gasteiger partial charge < -0.3 is 15.7 Å². The quantitative estimate of drug-likeness (QED) is 0.343. The van der Waals surface area contributed by atoms with Crippen LogP contribution in [0.4, 0.5) is 5.82 Å². The van der Waals surface area contributed by atoms with E-state index in [0.29, 0.717) is 12.2 Å². The minimum absolute atomic E-state index is 0.367. The van der Waals surface area contributed by atoms with Crippen molar-refractivity contribution in [2.45, 2.75) is 25.8 Å². The fourth-order valence-corrected chi connectivity index (χ4v) is 1.34. The van der Waals surface area contributed by atoms with Gasteiger partial charge in [-0.1, -0.05) is 18.1 Å². The van der Waals surface area contributed by atoms with Crippen molar-refractivity contribution in [3.63, 3.8) is 0 Å². The number of nitrogens with zero attached hydrogens (tertiary/aromatic N) is 2. The average molecular weight is 252 g/mol. The number of oxime groups is 1. The highest BCUT2D eigenvalue weighted by Crippen LogP contribution is 2.13. The molecule has 0 aliphatic carbocycles. The van der Waals surface area contributed by atoms with Gasteiger partial charge in [0.1, 0.15) is 5.82 Å². The minimum Gasteiger partial charge on any atom is -0.477 e. The number of hydrazine groups is 1. The van der Waals surface area contributed by atoms with Gasteiger partial charge in [-0.25, -0.2) is 15.2 Å². The van der Waals surface area contributed by atoms with Crippen molar-refractivity contribution in [1.82, 2.24) is 10.4 Å². The zero-order chi connectivity index (χ0) is 13.6. The van der Waals surface area contributed by atoms with Crippen LogP contribution in [0.3, 0.4) is 0 Å². The molecule has 7 heteroatoms. The highest BCUT2D eigenvalue weighted by molar-refractivity contribution is 6.39. The maximum absolute atomic E-state index is 11.0. The number of aromatic nitrogens is 1. The fourth-order valence-electron chi connectivity index (χ4n) is 1.34. The topological polar surface area (TPSA) is 107 Å². The van der Waals surface area contributed by atoms with Crippen LogP contribution >= 0.6 is 0 Å². The van der Waals surface area contributed by atoms with Crippen LogP contribution in [0, 0.1) is 0 Å². The normalized spacial score (nSPS) is 14.9. The van der Waals surface area contributed by atoms with E-state index in [1.807, 2.05) is 0 Å². The SMILES string of the molecule is CCC(C)(NNc1ccccn1)C(=NO)C(=O)O. The maximum atomic E-state index is 11.0. The number of aliphatic carboxylic acids is 1. The van der Waals surface area contributed by atoms with Crippen molar-refractivity contribution in [3.8, 4) is 0 Å². The summed E-state index contributed by atoms with van der Waals surface area (Å²) in [4.78, 5) is 15.0. The Labute approximate surface area is 105 Å². The number of anilines is 1. The second-order valence-corrected chi connectivity index (χ2v) is 3.90. The lowest BCUT2D eigenvalue weighted by Crippen LogP contribution is -2.54. The molecule has 1 unspecified atom stereocenters. The van der Waals surface area contributed by atoms with Gasteiger partial charge in [0.05, 0.1) is 5.54 Å². The second kappa shape index (κ2) is 5.97. The van der Waals surface area contributed by atoms with E-state index < -0.39 is 11.5 Å². The zero-order valence-corrected chi connectivity index (χ0v) is 10.2. The van der Waals surface area contributed by atoms with E-state index in [-0.39, 0.29) is 5.71 Å². The summed E-state index contributed by atoms with van der Waals surface area (Å²) in [7, 11) is 0. The molecule has 0 spiro atoms. The molecule has 0 fully saturated rings. The molecule has 0 aliphatic heterocycles. The summed E-state index contributed by atoms with van der Waals surface area (Å²) >= 11 is 0. The third-order valence-electron chi connectivity index (χ3n) is 2.66. The van der Waals surface area contributed by atoms with Gasteiger partial charge in [0, 0.05) is 6.20 Å². The molecule has 1 atom stereocenters. The first-order chi connectivity index (χ1) is 8.53. The van der Waals surface area contributed by atoms with E-state index in [0.717, 1.165) is 0 Å². The van der Waals surface area contributed by atoms with Crippen molar-refractivity contribution in [3.05, 3.63) is 24.4 Å². The van der Waals surface area contributed by atoms with Gasteiger partial charge in [-0.2, -0.15) is 0 Å². The number of nitrogens with one attached hydrogen (secondary N) is 2. The Morgan fingerprint density at radius 3 is 2.72 bits per heavy atom. The highest BCUT2D eigenvalue weighted by Gasteiger charge is 2.34. The first-order valence-corrected chi connectivity index (χ1v) is 5.43. The summed E-state index contributed by atoms with van der Waals surface area (Å²) in [6.45, 7) is 3.40. The van der Waals surface area contributed by atoms with Crippen LogP contribution in [0.25, 0.3) is 0 Å². The molecular formula is C11H16N4O3. The summed E-state index contributed by atoms with van der Waals surface area (Å²) < 4.78 is 0. The second-order valence-electron chi connectivity index (χ2n) is 3.90. The van der Waals surface area contributed by atoms with Crippen molar-refractivity contribution in [2.24, 2.45) is 5.16 Å². The van der Waals surface area contributed by atoms with Crippen LogP contribution in [0.1, 0.15) is 20.3 Å². The van der Waals surface area contributed by atoms with Gasteiger partial charge in [0.25, 0.3) is 0 Å². The fraction of sp³-hybridized carbons (Fsp3) is 0.364. The van der Waals surface area contributed by atoms with E-state index in [9.17, 15) is 4.79 Å². The van der Waals surface area contributed by atoms with Gasteiger partial charge in [0.2, 0.25) is 0 Å². The Morgan fingerprint density at radius 1 is 1.56 bits per heavy atom. The number of hydrogen-bond acceptors (Lipinski definition) is 6. The van der Waals surface area contributed by atoms with Crippen molar-refractivity contribution >= 4 is 17.5 Å². The van der Waals surface area contributed by atoms with Crippen LogP contribution in [0.5, 0.6) is 0 Å². The summed E-state index contributed by atoms with van der Waals surface area (Å²) in [6.07, 6.45) is 2.02. The molecule has 0 aliphatic rings. The number of rotatable bonds is 6. The number of carboxylic acid groups (broad SMARTS) is 1. The van der Waals surface area contributed by atoms with Crippen LogP contribution in [0.2, 0.25) is 0 Å². The number of carboxylic acids is 1. The standard InChI is InChI=1S/C11H16N4O3/c1-3-11(2,9(14-18)10(16)17)15-13-8-6-4-5-7-12-8/h4-7,15,18H,3H2,1-2H3,(H,12,13)(H,16,17). The lowest BCUT2D eigenvalue weighted by molar-refractivity contribution is -0.129. The largest absolute Gasteiger partial charge is 0.477 e. The molecule has 0 radical (unpaired) electrons. The molecule has 98 valence electrons. The molecule has 1 aromatic rings. The Bertz CT molecular complexity index is 435. The summed E-state index contributed by atoms with van der Waals surface area (Å²) in [5.74, 6) is -0.739. The van der Waals surface area contributed by atoms with Crippen molar-refractivity contribution < 1.29 is 15.1 Å².